The second-order valence-electron chi connectivity index (χ2n) is 3.66. The minimum absolute atomic E-state index is 0.0919. The molecule has 3 nitrogen and oxygen atoms in total. The van der Waals surface area contributed by atoms with E-state index in [1.807, 2.05) is 6.07 Å². The van der Waals surface area contributed by atoms with E-state index in [2.05, 4.69) is 5.32 Å². The number of carbonyl (C=O) groups is 1. The first-order chi connectivity index (χ1) is 7.63. The summed E-state index contributed by atoms with van der Waals surface area (Å²) < 4.78 is 0. The van der Waals surface area contributed by atoms with Gasteiger partial charge in [-0.1, -0.05) is 11.6 Å². The summed E-state index contributed by atoms with van der Waals surface area (Å²) in [5.74, 6) is -0.0919. The first-order valence-electron chi connectivity index (χ1n) is 5.30. The molecule has 0 aliphatic heterocycles. The number of carbonyl (C=O) groups excluding carboxylic acids is 1. The summed E-state index contributed by atoms with van der Waals surface area (Å²) in [5, 5.41) is 12.1. The first-order valence-corrected chi connectivity index (χ1v) is 5.68. The Balaban J connectivity index is 2.76. The van der Waals surface area contributed by atoms with Gasteiger partial charge >= 0.3 is 0 Å². The second kappa shape index (κ2) is 6.51. The molecule has 0 atom stereocenters. The number of anilines is 1. The van der Waals surface area contributed by atoms with Crippen molar-refractivity contribution in [2.75, 3.05) is 11.9 Å². The molecular weight excluding hydrogens is 226 g/mol. The van der Waals surface area contributed by atoms with Crippen molar-refractivity contribution in [2.45, 2.75) is 26.2 Å². The standard InChI is InChI=1S/C12H16ClNO2/c1-9(16)14-12-6-5-11(13)8-10(12)4-2-3-7-15/h5-6,8,15H,2-4,7H2,1H3,(H,14,16). The third kappa shape index (κ3) is 4.21. The molecule has 1 rings (SSSR count). The van der Waals surface area contributed by atoms with Crippen LogP contribution in [0.4, 0.5) is 5.69 Å². The SMILES string of the molecule is CC(=O)Nc1ccc(Cl)cc1CCCCO. The Morgan fingerprint density at radius 2 is 2.19 bits per heavy atom. The van der Waals surface area contributed by atoms with E-state index in [4.69, 9.17) is 16.7 Å². The predicted octanol–water partition coefficient (Wildman–Crippen LogP) is 2.61. The average Bonchev–Trinajstić information content (AvgIpc) is 2.22. The van der Waals surface area contributed by atoms with Crippen LogP contribution in [-0.4, -0.2) is 17.6 Å². The maximum absolute atomic E-state index is 11.0. The number of aliphatic hydroxyl groups excluding tert-OH is 1. The van der Waals surface area contributed by atoms with Gasteiger partial charge in [-0.15, -0.1) is 0 Å². The van der Waals surface area contributed by atoms with Gasteiger partial charge in [0, 0.05) is 24.2 Å². The van der Waals surface area contributed by atoms with Crippen LogP contribution in [0.3, 0.4) is 0 Å². The third-order valence-electron chi connectivity index (χ3n) is 2.23. The third-order valence-corrected chi connectivity index (χ3v) is 2.47. The number of hydrogen-bond acceptors (Lipinski definition) is 2. The Hall–Kier alpha value is -1.06. The number of nitrogens with one attached hydrogen (secondary N) is 1. The highest BCUT2D eigenvalue weighted by molar-refractivity contribution is 6.30. The number of halogens is 1. The number of unbranched alkanes of at least 4 members (excludes halogenated alkanes) is 1. The Morgan fingerprint density at radius 3 is 2.81 bits per heavy atom. The largest absolute Gasteiger partial charge is 0.396 e. The van der Waals surface area contributed by atoms with Crippen molar-refractivity contribution >= 4 is 23.2 Å². The Labute approximate surface area is 100 Å². The molecule has 4 heteroatoms. The fraction of sp³-hybridized carbons (Fsp3) is 0.417. The van der Waals surface area contributed by atoms with Gasteiger partial charge in [-0.05, 0) is 43.0 Å². The lowest BCUT2D eigenvalue weighted by Crippen LogP contribution is -2.08. The predicted molar refractivity (Wildman–Crippen MR) is 65.8 cm³/mol. The number of aliphatic hydroxyl groups is 1. The monoisotopic (exact) mass is 241 g/mol. The van der Waals surface area contributed by atoms with Gasteiger partial charge in [0.15, 0.2) is 0 Å². The summed E-state index contributed by atoms with van der Waals surface area (Å²) in [5.41, 5.74) is 1.81. The summed E-state index contributed by atoms with van der Waals surface area (Å²) in [6.07, 6.45) is 2.44. The smallest absolute Gasteiger partial charge is 0.221 e. The molecule has 1 amide bonds. The van der Waals surface area contributed by atoms with Crippen LogP contribution in [0.15, 0.2) is 18.2 Å². The van der Waals surface area contributed by atoms with Crippen LogP contribution in [0, 0.1) is 0 Å². The van der Waals surface area contributed by atoms with E-state index < -0.39 is 0 Å². The van der Waals surface area contributed by atoms with Crippen molar-refractivity contribution in [3.8, 4) is 0 Å². The van der Waals surface area contributed by atoms with Crippen molar-refractivity contribution in [3.05, 3.63) is 28.8 Å². The zero-order valence-electron chi connectivity index (χ0n) is 9.29. The summed E-state index contributed by atoms with van der Waals surface area (Å²) in [7, 11) is 0. The van der Waals surface area contributed by atoms with E-state index in [1.165, 1.54) is 6.92 Å². The molecule has 16 heavy (non-hydrogen) atoms. The van der Waals surface area contributed by atoms with Crippen LogP contribution in [0.5, 0.6) is 0 Å². The normalized spacial score (nSPS) is 10.2. The van der Waals surface area contributed by atoms with Gasteiger partial charge in [-0.25, -0.2) is 0 Å². The quantitative estimate of drug-likeness (QED) is 0.779. The highest BCUT2D eigenvalue weighted by Gasteiger charge is 2.04. The number of hydrogen-bond donors (Lipinski definition) is 2. The Kier molecular flexibility index (Phi) is 5.29. The lowest BCUT2D eigenvalue weighted by Gasteiger charge is -2.10. The lowest BCUT2D eigenvalue weighted by molar-refractivity contribution is -0.114. The van der Waals surface area contributed by atoms with Crippen LogP contribution in [0.1, 0.15) is 25.3 Å². The lowest BCUT2D eigenvalue weighted by atomic mass is 10.1. The topological polar surface area (TPSA) is 49.3 Å². The number of rotatable bonds is 5. The highest BCUT2D eigenvalue weighted by Crippen LogP contribution is 2.22. The fourth-order valence-corrected chi connectivity index (χ4v) is 1.70. The zero-order valence-corrected chi connectivity index (χ0v) is 10.0. The van der Waals surface area contributed by atoms with E-state index in [9.17, 15) is 4.79 Å². The maximum Gasteiger partial charge on any atom is 0.221 e. The van der Waals surface area contributed by atoms with Crippen molar-refractivity contribution in [1.29, 1.82) is 0 Å². The molecule has 0 fully saturated rings. The molecule has 0 heterocycles. The van der Waals surface area contributed by atoms with E-state index in [0.717, 1.165) is 30.5 Å². The highest BCUT2D eigenvalue weighted by atomic mass is 35.5. The minimum Gasteiger partial charge on any atom is -0.396 e. The molecule has 0 saturated heterocycles. The van der Waals surface area contributed by atoms with Crippen molar-refractivity contribution < 1.29 is 9.90 Å². The minimum atomic E-state index is -0.0919. The summed E-state index contributed by atoms with van der Waals surface area (Å²) in [4.78, 5) is 11.0. The van der Waals surface area contributed by atoms with E-state index in [-0.39, 0.29) is 12.5 Å². The Morgan fingerprint density at radius 1 is 1.44 bits per heavy atom. The molecule has 1 aromatic carbocycles. The Bertz CT molecular complexity index is 366. The molecule has 0 aliphatic rings. The van der Waals surface area contributed by atoms with Gasteiger partial charge in [-0.2, -0.15) is 0 Å². The molecule has 1 aromatic rings. The molecule has 0 saturated carbocycles. The molecule has 88 valence electrons. The maximum atomic E-state index is 11.0. The summed E-state index contributed by atoms with van der Waals surface area (Å²) >= 11 is 5.90. The molecule has 0 spiro atoms. The van der Waals surface area contributed by atoms with Crippen LogP contribution >= 0.6 is 11.6 Å². The van der Waals surface area contributed by atoms with Crippen molar-refractivity contribution in [2.24, 2.45) is 0 Å². The number of amides is 1. The summed E-state index contributed by atoms with van der Waals surface area (Å²) in [6.45, 7) is 1.67. The molecule has 2 N–H and O–H groups in total. The van der Waals surface area contributed by atoms with E-state index in [1.54, 1.807) is 12.1 Å². The van der Waals surface area contributed by atoms with Crippen LogP contribution in [0.2, 0.25) is 5.02 Å². The van der Waals surface area contributed by atoms with Crippen LogP contribution in [0.25, 0.3) is 0 Å². The van der Waals surface area contributed by atoms with E-state index >= 15 is 0 Å². The van der Waals surface area contributed by atoms with Crippen molar-refractivity contribution in [3.63, 3.8) is 0 Å². The van der Waals surface area contributed by atoms with Gasteiger partial charge in [0.25, 0.3) is 0 Å². The first kappa shape index (κ1) is 13.0. The number of aryl methyl sites for hydroxylation is 1. The van der Waals surface area contributed by atoms with Crippen LogP contribution < -0.4 is 5.32 Å². The molecule has 0 unspecified atom stereocenters. The second-order valence-corrected chi connectivity index (χ2v) is 4.10. The van der Waals surface area contributed by atoms with Gasteiger partial charge in [0.1, 0.15) is 0 Å². The molecular formula is C12H16ClNO2. The van der Waals surface area contributed by atoms with Crippen molar-refractivity contribution in [1.82, 2.24) is 0 Å². The molecule has 0 bridgehead atoms. The van der Waals surface area contributed by atoms with E-state index in [0.29, 0.717) is 5.02 Å². The van der Waals surface area contributed by atoms with Gasteiger partial charge in [-0.3, -0.25) is 4.79 Å². The molecule has 0 aliphatic carbocycles. The van der Waals surface area contributed by atoms with Gasteiger partial charge in [0.2, 0.25) is 5.91 Å². The summed E-state index contributed by atoms with van der Waals surface area (Å²) in [6, 6.07) is 5.41. The zero-order chi connectivity index (χ0) is 12.0. The van der Waals surface area contributed by atoms with Gasteiger partial charge in [0.05, 0.1) is 0 Å². The fourth-order valence-electron chi connectivity index (χ4n) is 1.51. The number of benzene rings is 1. The van der Waals surface area contributed by atoms with Crippen LogP contribution in [-0.2, 0) is 11.2 Å². The molecule has 0 aromatic heterocycles. The molecule has 0 radical (unpaired) electrons. The van der Waals surface area contributed by atoms with Gasteiger partial charge < -0.3 is 10.4 Å². The average molecular weight is 242 g/mol.